The van der Waals surface area contributed by atoms with Crippen LogP contribution < -0.4 is 13.8 Å². The van der Waals surface area contributed by atoms with Crippen LogP contribution in [0, 0.1) is 11.6 Å². The monoisotopic (exact) mass is 451 g/mol. The van der Waals surface area contributed by atoms with E-state index < -0.39 is 21.8 Å². The molecule has 6 nitrogen and oxygen atoms in total. The van der Waals surface area contributed by atoms with Gasteiger partial charge in [-0.2, -0.15) is 8.42 Å². The number of likely N-dealkylation sites (N-methyl/N-ethyl adjacent to an activating group) is 1. The zero-order valence-corrected chi connectivity index (χ0v) is 18.3. The van der Waals surface area contributed by atoms with Gasteiger partial charge in [0.15, 0.2) is 0 Å². The Balaban J connectivity index is 1.59. The largest absolute Gasteiger partial charge is 0.494 e. The summed E-state index contributed by atoms with van der Waals surface area (Å²) in [7, 11) is -2.00. The molecule has 3 rings (SSSR count). The summed E-state index contributed by atoms with van der Waals surface area (Å²) in [6.45, 7) is 6.35. The molecule has 168 valence electrons. The van der Waals surface area contributed by atoms with Crippen LogP contribution in [-0.4, -0.2) is 46.6 Å². The first-order valence-corrected chi connectivity index (χ1v) is 11.5. The van der Waals surface area contributed by atoms with Gasteiger partial charge < -0.3 is 9.64 Å². The molecule has 0 aliphatic carbocycles. The molecule has 2 aromatic carbocycles. The van der Waals surface area contributed by atoms with Gasteiger partial charge in [0, 0.05) is 19.2 Å². The maximum absolute atomic E-state index is 13.9. The minimum Gasteiger partial charge on any atom is -0.494 e. The highest BCUT2D eigenvalue weighted by molar-refractivity contribution is 7.94. The molecule has 1 aliphatic rings. The molecular formula is C22H27F2N3O3S. The Morgan fingerprint density at radius 2 is 2.03 bits per heavy atom. The van der Waals surface area contributed by atoms with Crippen LogP contribution in [-0.2, 0) is 16.6 Å². The molecule has 1 N–H and O–H groups in total. The summed E-state index contributed by atoms with van der Waals surface area (Å²) in [4.78, 5) is 2.18. The van der Waals surface area contributed by atoms with Gasteiger partial charge in [0.1, 0.15) is 17.4 Å². The van der Waals surface area contributed by atoms with Gasteiger partial charge in [0.25, 0.3) is 0 Å². The SMILES string of the molecule is C=CCN(C)CCCCOc1ccc2c(c1)CCN2S(=O)(=O)Nc1ccc(F)cc1F. The number of nitrogens with one attached hydrogen (secondary N) is 1. The van der Waals surface area contributed by atoms with Gasteiger partial charge in [-0.1, -0.05) is 6.08 Å². The van der Waals surface area contributed by atoms with E-state index in [-0.39, 0.29) is 12.2 Å². The summed E-state index contributed by atoms with van der Waals surface area (Å²) < 4.78 is 61.6. The highest BCUT2D eigenvalue weighted by Gasteiger charge is 2.30. The summed E-state index contributed by atoms with van der Waals surface area (Å²) in [6.07, 6.45) is 4.31. The van der Waals surface area contributed by atoms with Crippen LogP contribution in [0.2, 0.25) is 0 Å². The van der Waals surface area contributed by atoms with E-state index in [0.29, 0.717) is 30.5 Å². The number of nitrogens with zero attached hydrogens (tertiary/aromatic N) is 2. The maximum Gasteiger partial charge on any atom is 0.324 e. The number of rotatable bonds is 11. The molecule has 0 atom stereocenters. The molecule has 0 saturated heterocycles. The molecule has 0 saturated carbocycles. The molecule has 0 amide bonds. The Labute approximate surface area is 182 Å². The van der Waals surface area contributed by atoms with E-state index in [2.05, 4.69) is 16.2 Å². The average molecular weight is 452 g/mol. The zero-order valence-electron chi connectivity index (χ0n) is 17.5. The fraction of sp³-hybridized carbons (Fsp3) is 0.364. The molecule has 1 heterocycles. The van der Waals surface area contributed by atoms with Crippen molar-refractivity contribution >= 4 is 21.6 Å². The van der Waals surface area contributed by atoms with Crippen LogP contribution in [0.4, 0.5) is 20.2 Å². The number of ether oxygens (including phenoxy) is 1. The Morgan fingerprint density at radius 3 is 2.77 bits per heavy atom. The van der Waals surface area contributed by atoms with Crippen molar-refractivity contribution in [2.75, 3.05) is 42.3 Å². The lowest BCUT2D eigenvalue weighted by molar-refractivity contribution is 0.287. The summed E-state index contributed by atoms with van der Waals surface area (Å²) in [5, 5.41) is 0. The first kappa shape index (κ1) is 23.0. The smallest absolute Gasteiger partial charge is 0.324 e. The number of fused-ring (bicyclic) bond motifs is 1. The van der Waals surface area contributed by atoms with Crippen molar-refractivity contribution in [2.45, 2.75) is 19.3 Å². The lowest BCUT2D eigenvalue weighted by Gasteiger charge is -2.21. The zero-order chi connectivity index (χ0) is 22.4. The van der Waals surface area contributed by atoms with Crippen LogP contribution in [0.5, 0.6) is 5.75 Å². The van der Waals surface area contributed by atoms with Crippen LogP contribution in [0.1, 0.15) is 18.4 Å². The van der Waals surface area contributed by atoms with Gasteiger partial charge >= 0.3 is 10.2 Å². The van der Waals surface area contributed by atoms with E-state index in [0.717, 1.165) is 43.6 Å². The summed E-state index contributed by atoms with van der Waals surface area (Å²) in [6, 6.07) is 7.96. The van der Waals surface area contributed by atoms with Crippen molar-refractivity contribution in [3.05, 3.63) is 66.3 Å². The lowest BCUT2D eigenvalue weighted by Crippen LogP contribution is -2.34. The Bertz CT molecular complexity index is 1030. The molecule has 31 heavy (non-hydrogen) atoms. The van der Waals surface area contributed by atoms with Crippen LogP contribution in [0.15, 0.2) is 49.1 Å². The van der Waals surface area contributed by atoms with Crippen LogP contribution in [0.3, 0.4) is 0 Å². The Morgan fingerprint density at radius 1 is 1.23 bits per heavy atom. The summed E-state index contributed by atoms with van der Waals surface area (Å²) >= 11 is 0. The molecule has 0 spiro atoms. The maximum atomic E-state index is 13.9. The van der Waals surface area contributed by atoms with Gasteiger partial charge in [0.2, 0.25) is 0 Å². The molecule has 0 aromatic heterocycles. The van der Waals surface area contributed by atoms with Gasteiger partial charge in [-0.3, -0.25) is 9.03 Å². The van der Waals surface area contributed by atoms with Crippen LogP contribution >= 0.6 is 0 Å². The van der Waals surface area contributed by atoms with Gasteiger partial charge in [-0.05, 0) is 68.8 Å². The number of hydrogen-bond acceptors (Lipinski definition) is 4. The third-order valence-corrected chi connectivity index (χ3v) is 6.45. The Kier molecular flexibility index (Phi) is 7.50. The first-order valence-electron chi connectivity index (χ1n) is 10.1. The van der Waals surface area contributed by atoms with Crippen molar-refractivity contribution in [3.63, 3.8) is 0 Å². The van der Waals surface area contributed by atoms with Crippen molar-refractivity contribution in [3.8, 4) is 5.75 Å². The van der Waals surface area contributed by atoms with Crippen molar-refractivity contribution < 1.29 is 21.9 Å². The normalized spacial score (nSPS) is 13.4. The predicted molar refractivity (Wildman–Crippen MR) is 119 cm³/mol. The number of halogens is 2. The molecule has 9 heteroatoms. The third-order valence-electron chi connectivity index (χ3n) is 5.01. The topological polar surface area (TPSA) is 61.9 Å². The number of benzene rings is 2. The lowest BCUT2D eigenvalue weighted by atomic mass is 10.1. The van der Waals surface area contributed by atoms with E-state index in [9.17, 15) is 17.2 Å². The highest BCUT2D eigenvalue weighted by atomic mass is 32.2. The average Bonchev–Trinajstić information content (AvgIpc) is 3.14. The van der Waals surface area contributed by atoms with Crippen molar-refractivity contribution in [1.82, 2.24) is 4.90 Å². The minimum atomic E-state index is -4.04. The van der Waals surface area contributed by atoms with E-state index in [4.69, 9.17) is 4.74 Å². The minimum absolute atomic E-state index is 0.229. The quantitative estimate of drug-likeness (QED) is 0.415. The number of hydrogen-bond donors (Lipinski definition) is 1. The molecule has 0 unspecified atom stereocenters. The van der Waals surface area contributed by atoms with Gasteiger partial charge in [0.05, 0.1) is 18.0 Å². The van der Waals surface area contributed by atoms with E-state index in [1.165, 1.54) is 4.31 Å². The standard InChI is InChI=1S/C22H27F2N3O3S/c1-3-11-26(2)12-4-5-14-30-19-7-9-22-17(15-19)10-13-27(22)31(28,29)25-21-8-6-18(23)16-20(21)24/h3,6-9,15-16,25H,1,4-5,10-14H2,2H3. The van der Waals surface area contributed by atoms with Crippen LogP contribution in [0.25, 0.3) is 0 Å². The second-order valence-electron chi connectivity index (χ2n) is 7.45. The van der Waals surface area contributed by atoms with E-state index in [1.807, 2.05) is 19.2 Å². The predicted octanol–water partition coefficient (Wildman–Crippen LogP) is 3.96. The molecule has 2 aromatic rings. The molecular weight excluding hydrogens is 424 g/mol. The van der Waals surface area contributed by atoms with Crippen molar-refractivity contribution in [2.24, 2.45) is 0 Å². The number of anilines is 2. The second-order valence-corrected chi connectivity index (χ2v) is 9.05. The summed E-state index contributed by atoms with van der Waals surface area (Å²) in [5.74, 6) is -1.05. The second kappa shape index (κ2) is 10.1. The molecule has 0 bridgehead atoms. The van der Waals surface area contributed by atoms with Crippen molar-refractivity contribution in [1.29, 1.82) is 0 Å². The molecule has 1 aliphatic heterocycles. The fourth-order valence-electron chi connectivity index (χ4n) is 3.44. The molecule has 0 fully saturated rings. The van der Waals surface area contributed by atoms with Gasteiger partial charge in [-0.25, -0.2) is 8.78 Å². The molecule has 0 radical (unpaired) electrons. The van der Waals surface area contributed by atoms with E-state index >= 15 is 0 Å². The summed E-state index contributed by atoms with van der Waals surface area (Å²) in [5.41, 5.74) is 1.06. The van der Waals surface area contributed by atoms with Gasteiger partial charge in [-0.15, -0.1) is 6.58 Å². The van der Waals surface area contributed by atoms with E-state index in [1.54, 1.807) is 12.1 Å². The number of unbranched alkanes of at least 4 members (excludes halogenated alkanes) is 1. The first-order chi connectivity index (χ1) is 14.8. The highest BCUT2D eigenvalue weighted by Crippen LogP contribution is 2.34. The Hall–Kier alpha value is -2.65. The fourth-order valence-corrected chi connectivity index (χ4v) is 4.76. The third kappa shape index (κ3) is 5.95.